The van der Waals surface area contributed by atoms with Crippen LogP contribution in [-0.4, -0.2) is 26.6 Å². The number of amides is 1. The molecule has 0 radical (unpaired) electrons. The minimum Gasteiger partial charge on any atom is -0.345 e. The first-order valence-corrected chi connectivity index (χ1v) is 11.1. The second-order valence-corrected chi connectivity index (χ2v) is 9.34. The molecule has 3 rings (SSSR count). The van der Waals surface area contributed by atoms with Gasteiger partial charge >= 0.3 is 0 Å². The normalized spacial score (nSPS) is 21.4. The summed E-state index contributed by atoms with van der Waals surface area (Å²) in [5, 5.41) is 3.13. The van der Waals surface area contributed by atoms with E-state index < -0.39 is 15.9 Å². The van der Waals surface area contributed by atoms with Crippen LogP contribution >= 0.6 is 0 Å². The van der Waals surface area contributed by atoms with Gasteiger partial charge in [0.15, 0.2) is 9.84 Å². The van der Waals surface area contributed by atoms with Crippen molar-refractivity contribution in [2.75, 3.05) is 6.26 Å². The van der Waals surface area contributed by atoms with Crippen molar-refractivity contribution in [2.24, 2.45) is 11.7 Å². The van der Waals surface area contributed by atoms with Gasteiger partial charge < -0.3 is 11.1 Å². The third-order valence-electron chi connectivity index (χ3n) is 5.12. The zero-order valence-electron chi connectivity index (χ0n) is 15.5. The van der Waals surface area contributed by atoms with E-state index in [9.17, 15) is 13.2 Å². The van der Waals surface area contributed by atoms with Crippen LogP contribution in [-0.2, 0) is 14.6 Å². The van der Waals surface area contributed by atoms with Crippen molar-refractivity contribution in [3.63, 3.8) is 0 Å². The lowest BCUT2D eigenvalue weighted by atomic mass is 9.85. The molecule has 1 fully saturated rings. The van der Waals surface area contributed by atoms with Crippen LogP contribution in [0.2, 0.25) is 0 Å². The van der Waals surface area contributed by atoms with Crippen molar-refractivity contribution in [1.82, 2.24) is 5.32 Å². The van der Waals surface area contributed by atoms with E-state index >= 15 is 0 Å². The molecule has 5 nitrogen and oxygen atoms in total. The number of sulfone groups is 1. The molecule has 0 heterocycles. The maximum Gasteiger partial charge on any atom is 0.223 e. The van der Waals surface area contributed by atoms with Crippen LogP contribution in [0.4, 0.5) is 0 Å². The van der Waals surface area contributed by atoms with E-state index in [0.717, 1.165) is 30.4 Å². The summed E-state index contributed by atoms with van der Waals surface area (Å²) < 4.78 is 23.9. The van der Waals surface area contributed by atoms with Gasteiger partial charge in [-0.3, -0.25) is 4.79 Å². The maximum atomic E-state index is 12.9. The van der Waals surface area contributed by atoms with E-state index in [-0.39, 0.29) is 22.8 Å². The summed E-state index contributed by atoms with van der Waals surface area (Å²) in [4.78, 5) is 13.1. The first-order chi connectivity index (χ1) is 12.8. The summed E-state index contributed by atoms with van der Waals surface area (Å²) in [7, 11) is -3.33. The van der Waals surface area contributed by atoms with E-state index in [4.69, 9.17) is 5.73 Å². The molecule has 6 heteroatoms. The average Bonchev–Trinajstić information content (AvgIpc) is 2.66. The SMILES string of the molecule is CS(=O)(=O)c1cccc(C(NC(=O)C2CCCC(N)C2)c2ccccc2)c1. The average molecular weight is 387 g/mol. The van der Waals surface area contributed by atoms with Gasteiger partial charge in [-0.05, 0) is 42.5 Å². The third-order valence-corrected chi connectivity index (χ3v) is 6.23. The Bertz CT molecular complexity index is 897. The van der Waals surface area contributed by atoms with Crippen molar-refractivity contribution in [2.45, 2.75) is 42.7 Å². The summed E-state index contributed by atoms with van der Waals surface area (Å²) in [6, 6.07) is 16.0. The van der Waals surface area contributed by atoms with Crippen LogP contribution in [0, 0.1) is 5.92 Å². The highest BCUT2D eigenvalue weighted by atomic mass is 32.2. The van der Waals surface area contributed by atoms with Gasteiger partial charge in [-0.2, -0.15) is 0 Å². The lowest BCUT2D eigenvalue weighted by molar-refractivity contribution is -0.126. The van der Waals surface area contributed by atoms with Gasteiger partial charge in [-0.25, -0.2) is 8.42 Å². The highest BCUT2D eigenvalue weighted by Gasteiger charge is 2.28. The van der Waals surface area contributed by atoms with E-state index in [1.54, 1.807) is 18.2 Å². The molecule has 0 spiro atoms. The lowest BCUT2D eigenvalue weighted by Crippen LogP contribution is -2.39. The molecule has 0 bridgehead atoms. The number of carbonyl (C=O) groups is 1. The van der Waals surface area contributed by atoms with Gasteiger partial charge in [0.25, 0.3) is 0 Å². The molecule has 27 heavy (non-hydrogen) atoms. The number of nitrogens with one attached hydrogen (secondary N) is 1. The lowest BCUT2D eigenvalue weighted by Gasteiger charge is -2.28. The van der Waals surface area contributed by atoms with Gasteiger partial charge in [0, 0.05) is 18.2 Å². The zero-order valence-corrected chi connectivity index (χ0v) is 16.3. The standard InChI is InChI=1S/C21H26N2O3S/c1-27(25,26)19-12-6-9-16(14-19)20(15-7-3-2-4-8-15)23-21(24)17-10-5-11-18(22)13-17/h2-4,6-9,12,14,17-18,20H,5,10-11,13,22H2,1H3,(H,23,24). The first kappa shape index (κ1) is 19.6. The Morgan fingerprint density at radius 3 is 2.44 bits per heavy atom. The van der Waals surface area contributed by atoms with Gasteiger partial charge in [0.1, 0.15) is 0 Å². The van der Waals surface area contributed by atoms with Gasteiger partial charge in [-0.1, -0.05) is 48.9 Å². The highest BCUT2D eigenvalue weighted by molar-refractivity contribution is 7.90. The molecule has 2 aromatic carbocycles. The summed E-state index contributed by atoms with van der Waals surface area (Å²) in [6.07, 6.45) is 4.63. The fraction of sp³-hybridized carbons (Fsp3) is 0.381. The molecule has 0 aliphatic heterocycles. The van der Waals surface area contributed by atoms with E-state index in [1.807, 2.05) is 36.4 Å². The van der Waals surface area contributed by atoms with Gasteiger partial charge in [0.2, 0.25) is 5.91 Å². The summed E-state index contributed by atoms with van der Waals surface area (Å²) >= 11 is 0. The Labute approximate surface area is 160 Å². The minimum absolute atomic E-state index is 0.0243. The Balaban J connectivity index is 1.92. The number of hydrogen-bond acceptors (Lipinski definition) is 4. The monoisotopic (exact) mass is 386 g/mol. The molecule has 3 N–H and O–H groups in total. The number of rotatable bonds is 5. The van der Waals surface area contributed by atoms with Crippen LogP contribution in [0.25, 0.3) is 0 Å². The van der Waals surface area contributed by atoms with Crippen molar-refractivity contribution in [1.29, 1.82) is 0 Å². The molecule has 0 saturated heterocycles. The van der Waals surface area contributed by atoms with Crippen molar-refractivity contribution >= 4 is 15.7 Å². The third kappa shape index (κ3) is 4.96. The quantitative estimate of drug-likeness (QED) is 0.827. The van der Waals surface area contributed by atoms with Crippen LogP contribution in [0.3, 0.4) is 0 Å². The van der Waals surface area contributed by atoms with Gasteiger partial charge in [0.05, 0.1) is 10.9 Å². The number of nitrogens with two attached hydrogens (primary N) is 1. The summed E-state index contributed by atoms with van der Waals surface area (Å²) in [6.45, 7) is 0. The summed E-state index contributed by atoms with van der Waals surface area (Å²) in [5.74, 6) is -0.123. The predicted octanol–water partition coefficient (Wildman–Crippen LogP) is 2.81. The fourth-order valence-electron chi connectivity index (χ4n) is 3.66. The Morgan fingerprint density at radius 2 is 1.78 bits per heavy atom. The molecule has 2 aromatic rings. The fourth-order valence-corrected chi connectivity index (χ4v) is 4.33. The van der Waals surface area contributed by atoms with E-state index in [2.05, 4.69) is 5.32 Å². The van der Waals surface area contributed by atoms with Crippen LogP contribution in [0.15, 0.2) is 59.5 Å². The second kappa shape index (κ2) is 8.23. The molecule has 1 aliphatic rings. The van der Waals surface area contributed by atoms with Crippen LogP contribution < -0.4 is 11.1 Å². The van der Waals surface area contributed by atoms with Gasteiger partial charge in [-0.15, -0.1) is 0 Å². The zero-order chi connectivity index (χ0) is 19.4. The number of carbonyl (C=O) groups excluding carboxylic acids is 1. The predicted molar refractivity (Wildman–Crippen MR) is 106 cm³/mol. The Morgan fingerprint density at radius 1 is 1.07 bits per heavy atom. The van der Waals surface area contributed by atoms with E-state index in [0.29, 0.717) is 6.42 Å². The number of hydrogen-bond donors (Lipinski definition) is 2. The van der Waals surface area contributed by atoms with Crippen molar-refractivity contribution < 1.29 is 13.2 Å². The molecule has 144 valence electrons. The molecule has 3 unspecified atom stereocenters. The molecular weight excluding hydrogens is 360 g/mol. The second-order valence-electron chi connectivity index (χ2n) is 7.32. The van der Waals surface area contributed by atoms with Crippen molar-refractivity contribution in [3.05, 3.63) is 65.7 Å². The number of benzene rings is 2. The topological polar surface area (TPSA) is 89.3 Å². The van der Waals surface area contributed by atoms with Crippen LogP contribution in [0.1, 0.15) is 42.9 Å². The van der Waals surface area contributed by atoms with Crippen molar-refractivity contribution in [3.8, 4) is 0 Å². The smallest absolute Gasteiger partial charge is 0.223 e. The van der Waals surface area contributed by atoms with E-state index in [1.165, 1.54) is 6.26 Å². The summed E-state index contributed by atoms with van der Waals surface area (Å²) in [5.41, 5.74) is 7.70. The first-order valence-electron chi connectivity index (χ1n) is 9.25. The molecule has 0 aromatic heterocycles. The minimum atomic E-state index is -3.33. The Kier molecular flexibility index (Phi) is 5.97. The molecule has 3 atom stereocenters. The molecule has 1 saturated carbocycles. The highest BCUT2D eigenvalue weighted by Crippen LogP contribution is 2.28. The largest absolute Gasteiger partial charge is 0.345 e. The Hall–Kier alpha value is -2.18. The molecule has 1 amide bonds. The molecule has 1 aliphatic carbocycles. The molecular formula is C21H26N2O3S. The van der Waals surface area contributed by atoms with Crippen LogP contribution in [0.5, 0.6) is 0 Å². The maximum absolute atomic E-state index is 12.9.